The largest absolute Gasteiger partial charge is 0.368 e. The number of nitrogens with one attached hydrogen (secondary N) is 2. The molecule has 8 heteroatoms. The summed E-state index contributed by atoms with van der Waals surface area (Å²) in [5, 5.41) is 4.75. The fourth-order valence-electron chi connectivity index (χ4n) is 1.22. The van der Waals surface area contributed by atoms with Crippen LogP contribution >= 0.6 is 0 Å². The summed E-state index contributed by atoms with van der Waals surface area (Å²) in [5.74, 6) is -1.67. The Hall–Kier alpha value is -1.96. The van der Waals surface area contributed by atoms with Crippen molar-refractivity contribution in [2.75, 3.05) is 0 Å². The van der Waals surface area contributed by atoms with E-state index in [9.17, 15) is 19.2 Å². The van der Waals surface area contributed by atoms with Crippen LogP contribution in [-0.4, -0.2) is 42.1 Å². The first-order valence-electron chi connectivity index (χ1n) is 5.87. The smallest absolute Gasteiger partial charge is 0.240 e. The molecule has 0 aliphatic heterocycles. The van der Waals surface area contributed by atoms with E-state index in [0.717, 1.165) is 0 Å². The molecule has 0 saturated carbocycles. The third-order valence-corrected chi connectivity index (χ3v) is 2.33. The van der Waals surface area contributed by atoms with Gasteiger partial charge in [-0.05, 0) is 20.3 Å². The quantitative estimate of drug-likeness (QED) is 0.370. The van der Waals surface area contributed by atoms with E-state index in [1.165, 1.54) is 13.8 Å². The Labute approximate surface area is 111 Å². The van der Waals surface area contributed by atoms with Gasteiger partial charge < -0.3 is 26.9 Å². The summed E-state index contributed by atoms with van der Waals surface area (Å²) in [6.45, 7) is 2.99. The highest BCUT2D eigenvalue weighted by molar-refractivity contribution is 5.89. The lowest BCUT2D eigenvalue weighted by atomic mass is 10.1. The Kier molecular flexibility index (Phi) is 7.35. The van der Waals surface area contributed by atoms with Crippen molar-refractivity contribution < 1.29 is 19.2 Å². The SMILES string of the molecule is C[C@H](N)C(=O)N[C@H](CCC(=O)N[C@@H](C)C=O)C(N)=O. The monoisotopic (exact) mass is 272 g/mol. The Morgan fingerprint density at radius 2 is 1.79 bits per heavy atom. The molecule has 0 unspecified atom stereocenters. The van der Waals surface area contributed by atoms with Gasteiger partial charge in [-0.3, -0.25) is 14.4 Å². The third-order valence-electron chi connectivity index (χ3n) is 2.33. The van der Waals surface area contributed by atoms with Crippen molar-refractivity contribution in [1.82, 2.24) is 10.6 Å². The van der Waals surface area contributed by atoms with E-state index in [4.69, 9.17) is 11.5 Å². The molecule has 3 amide bonds. The lowest BCUT2D eigenvalue weighted by molar-refractivity contribution is -0.129. The normalized spacial score (nSPS) is 14.9. The minimum absolute atomic E-state index is 0.0367. The van der Waals surface area contributed by atoms with E-state index < -0.39 is 35.8 Å². The van der Waals surface area contributed by atoms with Crippen LogP contribution in [0, 0.1) is 0 Å². The predicted octanol–water partition coefficient (Wildman–Crippen LogP) is -2.21. The maximum absolute atomic E-state index is 11.4. The van der Waals surface area contributed by atoms with Crippen LogP contribution in [0.1, 0.15) is 26.7 Å². The first-order valence-corrected chi connectivity index (χ1v) is 5.87. The van der Waals surface area contributed by atoms with E-state index in [1.807, 2.05) is 0 Å². The molecule has 0 aromatic carbocycles. The second-order valence-corrected chi connectivity index (χ2v) is 4.28. The molecule has 6 N–H and O–H groups in total. The fourth-order valence-corrected chi connectivity index (χ4v) is 1.22. The van der Waals surface area contributed by atoms with Crippen molar-refractivity contribution in [3.63, 3.8) is 0 Å². The molecule has 0 bridgehead atoms. The lowest BCUT2D eigenvalue weighted by Gasteiger charge is -2.17. The molecule has 8 nitrogen and oxygen atoms in total. The van der Waals surface area contributed by atoms with E-state index in [-0.39, 0.29) is 12.8 Å². The minimum Gasteiger partial charge on any atom is -0.368 e. The van der Waals surface area contributed by atoms with Gasteiger partial charge in [0.15, 0.2) is 0 Å². The highest BCUT2D eigenvalue weighted by atomic mass is 16.2. The maximum atomic E-state index is 11.4. The topological polar surface area (TPSA) is 144 Å². The first kappa shape index (κ1) is 17.0. The number of carbonyl (C=O) groups is 4. The van der Waals surface area contributed by atoms with Crippen LogP contribution in [0.4, 0.5) is 0 Å². The van der Waals surface area contributed by atoms with Crippen molar-refractivity contribution in [2.45, 2.75) is 44.8 Å². The maximum Gasteiger partial charge on any atom is 0.240 e. The number of rotatable bonds is 8. The number of amides is 3. The lowest BCUT2D eigenvalue weighted by Crippen LogP contribution is -2.50. The molecule has 0 saturated heterocycles. The molecule has 0 aromatic heterocycles. The van der Waals surface area contributed by atoms with Gasteiger partial charge in [0.05, 0.1) is 12.1 Å². The molecule has 0 spiro atoms. The van der Waals surface area contributed by atoms with Gasteiger partial charge in [-0.25, -0.2) is 0 Å². The van der Waals surface area contributed by atoms with Gasteiger partial charge in [-0.1, -0.05) is 0 Å². The van der Waals surface area contributed by atoms with E-state index in [0.29, 0.717) is 6.29 Å². The van der Waals surface area contributed by atoms with Crippen molar-refractivity contribution in [2.24, 2.45) is 11.5 Å². The van der Waals surface area contributed by atoms with Crippen molar-refractivity contribution >= 4 is 24.0 Å². The van der Waals surface area contributed by atoms with Crippen LogP contribution in [0.3, 0.4) is 0 Å². The van der Waals surface area contributed by atoms with Crippen LogP contribution in [0.25, 0.3) is 0 Å². The number of aldehydes is 1. The number of hydrogen-bond donors (Lipinski definition) is 4. The van der Waals surface area contributed by atoms with Gasteiger partial charge in [0.2, 0.25) is 17.7 Å². The molecule has 108 valence electrons. The van der Waals surface area contributed by atoms with Gasteiger partial charge in [-0.15, -0.1) is 0 Å². The number of nitrogens with two attached hydrogens (primary N) is 2. The standard InChI is InChI=1S/C11H20N4O4/c1-6(5-16)14-9(17)4-3-8(10(13)18)15-11(19)7(2)12/h5-8H,3-4,12H2,1-2H3,(H2,13,18)(H,14,17)(H,15,19)/t6-,7-,8+/m0/s1. The Morgan fingerprint density at radius 3 is 2.21 bits per heavy atom. The highest BCUT2D eigenvalue weighted by Gasteiger charge is 2.21. The summed E-state index contributed by atoms with van der Waals surface area (Å²) in [6.07, 6.45) is 0.595. The number of hydrogen-bond acceptors (Lipinski definition) is 5. The van der Waals surface area contributed by atoms with Crippen molar-refractivity contribution in [3.8, 4) is 0 Å². The van der Waals surface area contributed by atoms with E-state index in [2.05, 4.69) is 10.6 Å². The van der Waals surface area contributed by atoms with Gasteiger partial charge >= 0.3 is 0 Å². The summed E-state index contributed by atoms with van der Waals surface area (Å²) in [4.78, 5) is 44.2. The molecule has 0 fully saturated rings. The van der Waals surface area contributed by atoms with Crippen LogP contribution in [0.5, 0.6) is 0 Å². The zero-order chi connectivity index (χ0) is 15.0. The van der Waals surface area contributed by atoms with Crippen molar-refractivity contribution in [3.05, 3.63) is 0 Å². The molecule has 0 radical (unpaired) electrons. The molecule has 0 heterocycles. The Balaban J connectivity index is 4.29. The summed E-state index contributed by atoms with van der Waals surface area (Å²) in [5.41, 5.74) is 10.5. The Bertz CT molecular complexity index is 357. The van der Waals surface area contributed by atoms with Crippen LogP contribution in [-0.2, 0) is 19.2 Å². The zero-order valence-corrected chi connectivity index (χ0v) is 11.0. The Morgan fingerprint density at radius 1 is 1.21 bits per heavy atom. The average Bonchev–Trinajstić information content (AvgIpc) is 2.33. The zero-order valence-electron chi connectivity index (χ0n) is 11.0. The molecule has 3 atom stereocenters. The second kappa shape index (κ2) is 8.20. The van der Waals surface area contributed by atoms with Gasteiger partial charge in [0.25, 0.3) is 0 Å². The van der Waals surface area contributed by atoms with E-state index in [1.54, 1.807) is 0 Å². The summed E-state index contributed by atoms with van der Waals surface area (Å²) < 4.78 is 0. The molecule has 0 aliphatic carbocycles. The second-order valence-electron chi connectivity index (χ2n) is 4.28. The molecular formula is C11H20N4O4. The number of primary amides is 1. The molecule has 0 rings (SSSR count). The fraction of sp³-hybridized carbons (Fsp3) is 0.636. The van der Waals surface area contributed by atoms with Crippen LogP contribution in [0.15, 0.2) is 0 Å². The van der Waals surface area contributed by atoms with Crippen molar-refractivity contribution in [1.29, 1.82) is 0 Å². The molecule has 0 aromatic rings. The van der Waals surface area contributed by atoms with Crippen LogP contribution < -0.4 is 22.1 Å². The summed E-state index contributed by atoms with van der Waals surface area (Å²) in [7, 11) is 0. The van der Waals surface area contributed by atoms with Gasteiger partial charge in [0, 0.05) is 6.42 Å². The number of carbonyl (C=O) groups excluding carboxylic acids is 4. The van der Waals surface area contributed by atoms with Gasteiger partial charge in [-0.2, -0.15) is 0 Å². The third kappa shape index (κ3) is 7.14. The van der Waals surface area contributed by atoms with Gasteiger partial charge in [0.1, 0.15) is 12.3 Å². The minimum atomic E-state index is -0.962. The predicted molar refractivity (Wildman–Crippen MR) is 67.7 cm³/mol. The molecule has 0 aliphatic rings. The van der Waals surface area contributed by atoms with E-state index >= 15 is 0 Å². The average molecular weight is 272 g/mol. The molecule has 19 heavy (non-hydrogen) atoms. The van der Waals surface area contributed by atoms with Crippen LogP contribution in [0.2, 0.25) is 0 Å². The summed E-state index contributed by atoms with van der Waals surface area (Å²) in [6, 6.07) is -2.33. The first-order chi connectivity index (χ1) is 8.77. The summed E-state index contributed by atoms with van der Waals surface area (Å²) >= 11 is 0. The molecular weight excluding hydrogens is 252 g/mol. The highest BCUT2D eigenvalue weighted by Crippen LogP contribution is 1.98.